The van der Waals surface area contributed by atoms with Crippen LogP contribution in [0.3, 0.4) is 0 Å². The first-order valence-corrected chi connectivity index (χ1v) is 11.2. The van der Waals surface area contributed by atoms with Crippen molar-refractivity contribution in [3.8, 4) is 16.2 Å². The Labute approximate surface area is 190 Å². The zero-order valence-electron chi connectivity index (χ0n) is 17.8. The standard InChI is InChI=1S/C24H25N5O2S/c1-31-22-6-3-2-5-17(22)12-13-29-16-19(27-28-29)9-11-24(30)26-21-15-18(8-10-20(21)25)23-7-4-14-32-23/h2-8,10,14-16H,9,11-13,25H2,1H3,(H,26,30). The number of hydrogen-bond donors (Lipinski definition) is 2. The lowest BCUT2D eigenvalue weighted by atomic mass is 10.1. The molecule has 0 radical (unpaired) electrons. The molecule has 0 spiro atoms. The van der Waals surface area contributed by atoms with Crippen molar-refractivity contribution in [3.05, 3.63) is 77.4 Å². The van der Waals surface area contributed by atoms with Crippen LogP contribution >= 0.6 is 11.3 Å². The van der Waals surface area contributed by atoms with E-state index < -0.39 is 0 Å². The van der Waals surface area contributed by atoms with Gasteiger partial charge in [-0.1, -0.05) is 35.5 Å². The van der Waals surface area contributed by atoms with E-state index in [1.165, 1.54) is 0 Å². The molecule has 2 heterocycles. The van der Waals surface area contributed by atoms with Crippen molar-refractivity contribution in [2.24, 2.45) is 0 Å². The van der Waals surface area contributed by atoms with Gasteiger partial charge in [0.15, 0.2) is 0 Å². The summed E-state index contributed by atoms with van der Waals surface area (Å²) in [7, 11) is 1.67. The van der Waals surface area contributed by atoms with Gasteiger partial charge in [-0.05, 0) is 47.2 Å². The maximum absolute atomic E-state index is 12.5. The van der Waals surface area contributed by atoms with Gasteiger partial charge < -0.3 is 15.8 Å². The Morgan fingerprint density at radius 3 is 2.84 bits per heavy atom. The molecule has 3 N–H and O–H groups in total. The van der Waals surface area contributed by atoms with E-state index in [9.17, 15) is 4.79 Å². The first-order valence-electron chi connectivity index (χ1n) is 10.4. The van der Waals surface area contributed by atoms with Gasteiger partial charge in [-0.15, -0.1) is 16.4 Å². The lowest BCUT2D eigenvalue weighted by Gasteiger charge is -2.09. The number of nitrogen functional groups attached to an aromatic ring is 1. The summed E-state index contributed by atoms with van der Waals surface area (Å²) in [4.78, 5) is 13.6. The Hall–Kier alpha value is -3.65. The summed E-state index contributed by atoms with van der Waals surface area (Å²) >= 11 is 1.65. The van der Waals surface area contributed by atoms with E-state index in [-0.39, 0.29) is 5.91 Å². The predicted molar refractivity (Wildman–Crippen MR) is 128 cm³/mol. The molecule has 4 aromatic rings. The van der Waals surface area contributed by atoms with Crippen LogP contribution in [0, 0.1) is 0 Å². The van der Waals surface area contributed by atoms with E-state index in [1.807, 2.05) is 66.2 Å². The monoisotopic (exact) mass is 447 g/mol. The lowest BCUT2D eigenvalue weighted by Crippen LogP contribution is -2.13. The summed E-state index contributed by atoms with van der Waals surface area (Å²) in [6, 6.07) is 17.7. The van der Waals surface area contributed by atoms with Crippen LogP contribution in [0.15, 0.2) is 66.2 Å². The van der Waals surface area contributed by atoms with Crippen LogP contribution in [0.4, 0.5) is 11.4 Å². The highest BCUT2D eigenvalue weighted by Gasteiger charge is 2.10. The summed E-state index contributed by atoms with van der Waals surface area (Å²) in [6.07, 6.45) is 3.47. The zero-order chi connectivity index (χ0) is 22.3. The molecule has 0 bridgehead atoms. The fourth-order valence-corrected chi connectivity index (χ4v) is 4.15. The number of carbonyl (C=O) groups is 1. The van der Waals surface area contributed by atoms with Gasteiger partial charge >= 0.3 is 0 Å². The van der Waals surface area contributed by atoms with Gasteiger partial charge in [0.25, 0.3) is 0 Å². The molecule has 0 saturated carbocycles. The second-order valence-electron chi connectivity index (χ2n) is 7.36. The number of aromatic nitrogens is 3. The van der Waals surface area contributed by atoms with Gasteiger partial charge in [0.2, 0.25) is 5.91 Å². The molecule has 0 saturated heterocycles. The molecule has 0 aliphatic rings. The summed E-state index contributed by atoms with van der Waals surface area (Å²) < 4.78 is 7.19. The number of methoxy groups -OCH3 is 1. The molecule has 164 valence electrons. The minimum atomic E-state index is -0.108. The van der Waals surface area contributed by atoms with Gasteiger partial charge in [-0.25, -0.2) is 0 Å². The van der Waals surface area contributed by atoms with Crippen molar-refractivity contribution in [2.45, 2.75) is 25.8 Å². The van der Waals surface area contributed by atoms with Crippen LogP contribution in [0.1, 0.15) is 17.7 Å². The van der Waals surface area contributed by atoms with Crippen molar-refractivity contribution in [3.63, 3.8) is 0 Å². The number of anilines is 2. The SMILES string of the molecule is COc1ccccc1CCn1cc(CCC(=O)Nc2cc(-c3cccs3)ccc2N)nn1. The molecule has 7 nitrogen and oxygen atoms in total. The third-order valence-corrected chi connectivity index (χ3v) is 6.05. The van der Waals surface area contributed by atoms with Crippen LogP contribution in [0.5, 0.6) is 5.75 Å². The number of hydrogen-bond acceptors (Lipinski definition) is 6. The van der Waals surface area contributed by atoms with Gasteiger partial charge in [-0.3, -0.25) is 9.48 Å². The fraction of sp³-hybridized carbons (Fsp3) is 0.208. The minimum Gasteiger partial charge on any atom is -0.496 e. The van der Waals surface area contributed by atoms with Gasteiger partial charge in [0.1, 0.15) is 5.75 Å². The van der Waals surface area contributed by atoms with Gasteiger partial charge in [0.05, 0.1) is 24.2 Å². The summed E-state index contributed by atoms with van der Waals surface area (Å²) in [6.45, 7) is 0.686. The van der Waals surface area contributed by atoms with Crippen LogP contribution in [0.2, 0.25) is 0 Å². The van der Waals surface area contributed by atoms with Crippen LogP contribution in [-0.4, -0.2) is 28.0 Å². The number of ether oxygens (including phenoxy) is 1. The highest BCUT2D eigenvalue weighted by Crippen LogP contribution is 2.30. The van der Waals surface area contributed by atoms with E-state index in [2.05, 4.69) is 15.6 Å². The van der Waals surface area contributed by atoms with Gasteiger partial charge in [-0.2, -0.15) is 0 Å². The second-order valence-corrected chi connectivity index (χ2v) is 8.31. The molecule has 0 unspecified atom stereocenters. The molecule has 32 heavy (non-hydrogen) atoms. The number of thiophene rings is 1. The molecule has 0 aliphatic carbocycles. The van der Waals surface area contributed by atoms with Crippen molar-refractivity contribution >= 4 is 28.6 Å². The van der Waals surface area contributed by atoms with Crippen LogP contribution in [-0.2, 0) is 24.2 Å². The molecule has 0 atom stereocenters. The normalized spacial score (nSPS) is 10.8. The molecule has 1 amide bonds. The maximum Gasteiger partial charge on any atom is 0.224 e. The first-order chi connectivity index (χ1) is 15.6. The number of rotatable bonds is 9. The molecule has 4 rings (SSSR count). The third-order valence-electron chi connectivity index (χ3n) is 5.13. The number of carbonyl (C=O) groups excluding carboxylic acids is 1. The Morgan fingerprint density at radius 1 is 1.16 bits per heavy atom. The number of nitrogens with two attached hydrogens (primary N) is 1. The molecule has 2 aromatic heterocycles. The predicted octanol–water partition coefficient (Wildman–Crippen LogP) is 4.41. The Morgan fingerprint density at radius 2 is 2.03 bits per heavy atom. The Kier molecular flexibility index (Phi) is 6.81. The summed E-state index contributed by atoms with van der Waals surface area (Å²) in [5.41, 5.74) is 10.2. The van der Waals surface area contributed by atoms with Crippen molar-refractivity contribution in [1.82, 2.24) is 15.0 Å². The molecule has 0 aliphatic heterocycles. The summed E-state index contributed by atoms with van der Waals surface area (Å²) in [5.74, 6) is 0.760. The highest BCUT2D eigenvalue weighted by molar-refractivity contribution is 7.13. The molecular formula is C24H25N5O2S. The van der Waals surface area contributed by atoms with Crippen molar-refractivity contribution in [1.29, 1.82) is 0 Å². The van der Waals surface area contributed by atoms with E-state index in [1.54, 1.807) is 23.1 Å². The maximum atomic E-state index is 12.5. The van der Waals surface area contributed by atoms with E-state index in [0.717, 1.165) is 33.9 Å². The largest absolute Gasteiger partial charge is 0.496 e. The van der Waals surface area contributed by atoms with Crippen LogP contribution < -0.4 is 15.8 Å². The van der Waals surface area contributed by atoms with E-state index >= 15 is 0 Å². The number of nitrogens with zero attached hydrogens (tertiary/aromatic N) is 3. The van der Waals surface area contributed by atoms with Crippen molar-refractivity contribution in [2.75, 3.05) is 18.2 Å². The lowest BCUT2D eigenvalue weighted by molar-refractivity contribution is -0.116. The highest BCUT2D eigenvalue weighted by atomic mass is 32.1. The van der Waals surface area contributed by atoms with E-state index in [4.69, 9.17) is 10.5 Å². The average molecular weight is 448 g/mol. The average Bonchev–Trinajstić information content (AvgIpc) is 3.50. The van der Waals surface area contributed by atoms with Crippen LogP contribution in [0.25, 0.3) is 10.4 Å². The number of para-hydroxylation sites is 1. The smallest absolute Gasteiger partial charge is 0.224 e. The second kappa shape index (κ2) is 10.1. The molecule has 2 aromatic carbocycles. The number of nitrogens with one attached hydrogen (secondary N) is 1. The fourth-order valence-electron chi connectivity index (χ4n) is 3.42. The summed E-state index contributed by atoms with van der Waals surface area (Å²) in [5, 5.41) is 13.3. The number of benzene rings is 2. The molecule has 0 fully saturated rings. The third kappa shape index (κ3) is 5.33. The van der Waals surface area contributed by atoms with E-state index in [0.29, 0.717) is 30.8 Å². The Balaban J connectivity index is 1.30. The zero-order valence-corrected chi connectivity index (χ0v) is 18.6. The topological polar surface area (TPSA) is 95.1 Å². The number of amides is 1. The molecule has 8 heteroatoms. The minimum absolute atomic E-state index is 0.108. The number of aryl methyl sites for hydroxylation is 3. The van der Waals surface area contributed by atoms with Gasteiger partial charge in [0, 0.05) is 30.5 Å². The van der Waals surface area contributed by atoms with Crippen molar-refractivity contribution < 1.29 is 9.53 Å². The first kappa shape index (κ1) is 21.6. The quantitative estimate of drug-likeness (QED) is 0.371. The molecular weight excluding hydrogens is 422 g/mol. The Bertz CT molecular complexity index is 1190.